The van der Waals surface area contributed by atoms with Gasteiger partial charge in [0.15, 0.2) is 11.8 Å². The van der Waals surface area contributed by atoms with Gasteiger partial charge in [0.05, 0.1) is 25.2 Å². The van der Waals surface area contributed by atoms with Crippen LogP contribution in [0.3, 0.4) is 0 Å². The van der Waals surface area contributed by atoms with Crippen LogP contribution in [-0.2, 0) is 14.3 Å². The number of nitrogens with one attached hydrogen (secondary N) is 1. The Morgan fingerprint density at radius 1 is 1.33 bits per heavy atom. The maximum Gasteiger partial charge on any atom is 0.344 e. The first-order chi connectivity index (χ1) is 14.4. The van der Waals surface area contributed by atoms with Gasteiger partial charge >= 0.3 is 5.97 Å². The summed E-state index contributed by atoms with van der Waals surface area (Å²) in [4.78, 5) is 28.6. The van der Waals surface area contributed by atoms with Crippen molar-refractivity contribution in [2.75, 3.05) is 13.2 Å². The van der Waals surface area contributed by atoms with E-state index >= 15 is 0 Å². The lowest BCUT2D eigenvalue weighted by Gasteiger charge is -2.11. The number of hydrogen-bond donors (Lipinski definition) is 1. The molecule has 6 nitrogen and oxygen atoms in total. The molecule has 2 aromatic carbocycles. The van der Waals surface area contributed by atoms with Gasteiger partial charge in [0, 0.05) is 0 Å². The quantitative estimate of drug-likeness (QED) is 0.284. The highest BCUT2D eigenvalue weighted by Gasteiger charge is 2.24. The number of hydrogen-bond acceptors (Lipinski definition) is 6. The Labute approximate surface area is 198 Å². The van der Waals surface area contributed by atoms with E-state index in [1.165, 1.54) is 36.0 Å². The van der Waals surface area contributed by atoms with Crippen LogP contribution in [0.1, 0.15) is 12.5 Å². The van der Waals surface area contributed by atoms with E-state index < -0.39 is 5.97 Å². The second-order valence-electron chi connectivity index (χ2n) is 5.87. The van der Waals surface area contributed by atoms with Crippen molar-refractivity contribution in [3.8, 4) is 5.75 Å². The standard InChI is InChI=1S/C20H15BrFIN2O4S/c1-2-28-17(26)10-29-18-14(21)7-11(8-15(18)23)9-16-19(27)25-20(30-16)24-13-5-3-12(22)4-6-13/h3-9H,2,10H2,1H3,(H,24,25,27)/b16-9+. The summed E-state index contributed by atoms with van der Waals surface area (Å²) in [6.45, 7) is 1.83. The van der Waals surface area contributed by atoms with Gasteiger partial charge in [-0.25, -0.2) is 14.2 Å². The van der Waals surface area contributed by atoms with Crippen molar-refractivity contribution in [1.29, 1.82) is 0 Å². The van der Waals surface area contributed by atoms with Gasteiger partial charge in [0.1, 0.15) is 11.6 Å². The summed E-state index contributed by atoms with van der Waals surface area (Å²) in [5, 5.41) is 3.11. The van der Waals surface area contributed by atoms with Gasteiger partial charge in [0.25, 0.3) is 5.91 Å². The minimum absolute atomic E-state index is 0.190. The molecule has 0 atom stereocenters. The molecule has 10 heteroatoms. The molecule has 1 fully saturated rings. The zero-order valence-electron chi connectivity index (χ0n) is 15.6. The number of halogens is 3. The zero-order chi connectivity index (χ0) is 21.7. The molecule has 1 aliphatic heterocycles. The Bertz CT molecular complexity index is 1020. The molecule has 2 aromatic rings. The monoisotopic (exact) mass is 604 g/mol. The third kappa shape index (κ3) is 6.05. The van der Waals surface area contributed by atoms with Crippen LogP contribution in [0.25, 0.3) is 6.08 Å². The topological polar surface area (TPSA) is 77.0 Å². The molecule has 1 amide bonds. The fourth-order valence-electron chi connectivity index (χ4n) is 2.40. The van der Waals surface area contributed by atoms with Crippen LogP contribution in [0.5, 0.6) is 5.75 Å². The van der Waals surface area contributed by atoms with Crippen molar-refractivity contribution in [1.82, 2.24) is 5.32 Å². The lowest BCUT2D eigenvalue weighted by molar-refractivity contribution is -0.145. The average Bonchev–Trinajstić information content (AvgIpc) is 3.02. The third-order valence-electron chi connectivity index (χ3n) is 3.67. The lowest BCUT2D eigenvalue weighted by Crippen LogP contribution is -2.19. The van der Waals surface area contributed by atoms with Crippen molar-refractivity contribution in [3.63, 3.8) is 0 Å². The number of amidine groups is 1. The molecule has 0 aromatic heterocycles. The summed E-state index contributed by atoms with van der Waals surface area (Å²) in [5.74, 6) is -0.543. The molecule has 0 unspecified atom stereocenters. The number of ether oxygens (including phenoxy) is 2. The van der Waals surface area contributed by atoms with Gasteiger partial charge in [-0.3, -0.25) is 4.79 Å². The van der Waals surface area contributed by atoms with Crippen LogP contribution in [0.15, 0.2) is 50.8 Å². The molecule has 0 saturated carbocycles. The predicted octanol–water partition coefficient (Wildman–Crippen LogP) is 5.03. The number of aliphatic imine (C=N–C) groups is 1. The third-order valence-corrected chi connectivity index (χ3v) is 5.97. The lowest BCUT2D eigenvalue weighted by atomic mass is 10.2. The van der Waals surface area contributed by atoms with Gasteiger partial charge in [-0.15, -0.1) is 0 Å². The predicted molar refractivity (Wildman–Crippen MR) is 126 cm³/mol. The number of nitrogens with zero attached hydrogens (tertiary/aromatic N) is 1. The number of rotatable bonds is 6. The molecule has 30 heavy (non-hydrogen) atoms. The summed E-state index contributed by atoms with van der Waals surface area (Å²) in [6.07, 6.45) is 1.73. The molecular formula is C20H15BrFIN2O4S. The summed E-state index contributed by atoms with van der Waals surface area (Å²) < 4.78 is 24.8. The molecule has 1 aliphatic rings. The fourth-order valence-corrected chi connectivity index (χ4v) is 5.01. The van der Waals surface area contributed by atoms with Gasteiger partial charge < -0.3 is 14.8 Å². The normalized spacial score (nSPS) is 16.1. The Hall–Kier alpha value is -1.92. The van der Waals surface area contributed by atoms with Gasteiger partial charge in [0.2, 0.25) is 0 Å². The van der Waals surface area contributed by atoms with Crippen LogP contribution in [-0.4, -0.2) is 30.3 Å². The number of carbonyl (C=O) groups excluding carboxylic acids is 2. The van der Waals surface area contributed by atoms with Crippen LogP contribution in [0, 0.1) is 9.39 Å². The first-order valence-corrected chi connectivity index (χ1v) is 11.4. The number of benzene rings is 2. The minimum atomic E-state index is -0.446. The smallest absolute Gasteiger partial charge is 0.344 e. The fraction of sp³-hybridized carbons (Fsp3) is 0.150. The zero-order valence-corrected chi connectivity index (χ0v) is 20.1. The Morgan fingerprint density at radius 3 is 2.73 bits per heavy atom. The van der Waals surface area contributed by atoms with Crippen LogP contribution in [0.2, 0.25) is 0 Å². The Kier molecular flexibility index (Phi) is 7.89. The highest BCUT2D eigenvalue weighted by molar-refractivity contribution is 14.1. The maximum atomic E-state index is 13.0. The summed E-state index contributed by atoms with van der Waals surface area (Å²) in [5.41, 5.74) is 1.32. The van der Waals surface area contributed by atoms with E-state index in [0.29, 0.717) is 32.6 Å². The van der Waals surface area contributed by atoms with E-state index in [0.717, 1.165) is 9.13 Å². The highest BCUT2D eigenvalue weighted by atomic mass is 127. The Balaban J connectivity index is 1.75. The molecule has 0 spiro atoms. The summed E-state index contributed by atoms with van der Waals surface area (Å²) in [7, 11) is 0. The number of carbonyl (C=O) groups is 2. The van der Waals surface area contributed by atoms with E-state index in [9.17, 15) is 14.0 Å². The van der Waals surface area contributed by atoms with Gasteiger partial charge in [-0.1, -0.05) is 0 Å². The molecule has 3 rings (SSSR count). The van der Waals surface area contributed by atoms with E-state index in [1.54, 1.807) is 19.1 Å². The van der Waals surface area contributed by atoms with E-state index in [4.69, 9.17) is 9.47 Å². The molecule has 1 heterocycles. The molecule has 0 aliphatic carbocycles. The first kappa shape index (κ1) is 22.8. The molecular weight excluding hydrogens is 590 g/mol. The summed E-state index contributed by atoms with van der Waals surface area (Å²) >= 11 is 6.73. The van der Waals surface area contributed by atoms with Crippen molar-refractivity contribution < 1.29 is 23.5 Å². The number of esters is 1. The average molecular weight is 605 g/mol. The van der Waals surface area contributed by atoms with Crippen LogP contribution < -0.4 is 10.1 Å². The minimum Gasteiger partial charge on any atom is -0.480 e. The van der Waals surface area contributed by atoms with Crippen molar-refractivity contribution in [3.05, 3.63) is 60.7 Å². The van der Waals surface area contributed by atoms with Crippen LogP contribution in [0.4, 0.5) is 10.1 Å². The second kappa shape index (κ2) is 10.4. The molecule has 1 N–H and O–H groups in total. The van der Waals surface area contributed by atoms with Crippen LogP contribution >= 0.6 is 50.3 Å². The van der Waals surface area contributed by atoms with Gasteiger partial charge in [-0.2, -0.15) is 0 Å². The van der Waals surface area contributed by atoms with E-state index in [-0.39, 0.29) is 18.3 Å². The maximum absolute atomic E-state index is 13.0. The molecule has 0 bridgehead atoms. The number of amides is 1. The molecule has 1 saturated heterocycles. The van der Waals surface area contributed by atoms with Crippen molar-refractivity contribution in [2.45, 2.75) is 6.92 Å². The number of thioether (sulfide) groups is 1. The second-order valence-corrected chi connectivity index (χ2v) is 8.91. The first-order valence-electron chi connectivity index (χ1n) is 8.68. The van der Waals surface area contributed by atoms with Crippen molar-refractivity contribution in [2.24, 2.45) is 4.99 Å². The SMILES string of the molecule is CCOC(=O)COc1c(Br)cc(/C=C2/SC(=Nc3ccc(F)cc3)NC2=O)cc1I. The van der Waals surface area contributed by atoms with E-state index in [1.807, 2.05) is 6.07 Å². The summed E-state index contributed by atoms with van der Waals surface area (Å²) in [6, 6.07) is 9.31. The van der Waals surface area contributed by atoms with Gasteiger partial charge in [-0.05, 0) is 105 Å². The molecule has 156 valence electrons. The molecule has 0 radical (unpaired) electrons. The Morgan fingerprint density at radius 2 is 2.07 bits per heavy atom. The van der Waals surface area contributed by atoms with E-state index in [2.05, 4.69) is 48.8 Å². The van der Waals surface area contributed by atoms with Crippen molar-refractivity contribution >= 4 is 79.1 Å². The highest BCUT2D eigenvalue weighted by Crippen LogP contribution is 2.34. The largest absolute Gasteiger partial charge is 0.480 e.